The lowest BCUT2D eigenvalue weighted by Crippen LogP contribution is -2.37. The first kappa shape index (κ1) is 9.23. The van der Waals surface area contributed by atoms with Crippen LogP contribution < -0.4 is 0 Å². The monoisotopic (exact) mass is 171 g/mol. The molecule has 0 saturated carbocycles. The van der Waals surface area contributed by atoms with Gasteiger partial charge in [-0.15, -0.1) is 0 Å². The highest BCUT2D eigenvalue weighted by atomic mass is 19.1. The number of rotatable bonds is 2. The van der Waals surface area contributed by atoms with Crippen molar-refractivity contribution in [3.05, 3.63) is 12.7 Å². The molecule has 1 saturated heterocycles. The van der Waals surface area contributed by atoms with E-state index in [1.54, 1.807) is 4.90 Å². The molecule has 0 aromatic rings. The van der Waals surface area contributed by atoms with Crippen LogP contribution in [0.4, 0.5) is 4.39 Å². The predicted octanol–water partition coefficient (Wildman–Crippen LogP) is 1.38. The highest BCUT2D eigenvalue weighted by Crippen LogP contribution is 2.17. The number of piperidine rings is 1. The minimum absolute atomic E-state index is 0.0349. The van der Waals surface area contributed by atoms with Gasteiger partial charge in [-0.2, -0.15) is 0 Å². The van der Waals surface area contributed by atoms with E-state index in [1.807, 2.05) is 0 Å². The summed E-state index contributed by atoms with van der Waals surface area (Å²) < 4.78 is 12.2. The van der Waals surface area contributed by atoms with Crippen LogP contribution >= 0.6 is 0 Å². The van der Waals surface area contributed by atoms with Gasteiger partial charge in [-0.1, -0.05) is 6.58 Å². The minimum Gasteiger partial charge on any atom is -0.339 e. The molecule has 68 valence electrons. The number of carbonyl (C=O) groups is 1. The highest BCUT2D eigenvalue weighted by molar-refractivity contribution is 5.87. The molecule has 0 unspecified atom stereocenters. The maximum Gasteiger partial charge on any atom is 0.245 e. The van der Waals surface area contributed by atoms with Gasteiger partial charge in [-0.05, 0) is 24.8 Å². The zero-order valence-electron chi connectivity index (χ0n) is 7.13. The van der Waals surface area contributed by atoms with E-state index in [2.05, 4.69) is 6.58 Å². The molecule has 0 atom stereocenters. The molecule has 1 fully saturated rings. The van der Waals surface area contributed by atoms with Gasteiger partial charge in [0.05, 0.1) is 6.67 Å². The first-order valence-corrected chi connectivity index (χ1v) is 4.25. The smallest absolute Gasteiger partial charge is 0.245 e. The third-order valence-corrected chi connectivity index (χ3v) is 2.32. The quantitative estimate of drug-likeness (QED) is 0.575. The molecule has 1 aliphatic heterocycles. The molecule has 2 nitrogen and oxygen atoms in total. The SMILES string of the molecule is C=CC(=O)N1CCC(CF)CC1. The molecule has 1 heterocycles. The largest absolute Gasteiger partial charge is 0.339 e. The Balaban J connectivity index is 2.35. The second-order valence-electron chi connectivity index (χ2n) is 3.13. The molecular formula is C9H14FNO. The fraction of sp³-hybridized carbons (Fsp3) is 0.667. The Bertz CT molecular complexity index is 173. The first-order chi connectivity index (χ1) is 5.77. The number of likely N-dealkylation sites (tertiary alicyclic amines) is 1. The number of carbonyl (C=O) groups excluding carboxylic acids is 1. The van der Waals surface area contributed by atoms with Gasteiger partial charge in [-0.25, -0.2) is 0 Å². The van der Waals surface area contributed by atoms with Crippen LogP contribution in [-0.4, -0.2) is 30.6 Å². The number of nitrogens with zero attached hydrogens (tertiary/aromatic N) is 1. The minimum atomic E-state index is -0.254. The first-order valence-electron chi connectivity index (χ1n) is 4.25. The molecule has 0 aliphatic carbocycles. The van der Waals surface area contributed by atoms with Crippen molar-refractivity contribution < 1.29 is 9.18 Å². The van der Waals surface area contributed by atoms with E-state index in [0.29, 0.717) is 13.1 Å². The van der Waals surface area contributed by atoms with Crippen LogP contribution in [0.2, 0.25) is 0 Å². The number of hydrogen-bond acceptors (Lipinski definition) is 1. The van der Waals surface area contributed by atoms with E-state index in [9.17, 15) is 9.18 Å². The van der Waals surface area contributed by atoms with Gasteiger partial charge in [0.15, 0.2) is 0 Å². The summed E-state index contributed by atoms with van der Waals surface area (Å²) in [7, 11) is 0. The summed E-state index contributed by atoms with van der Waals surface area (Å²) >= 11 is 0. The summed E-state index contributed by atoms with van der Waals surface area (Å²) in [5.74, 6) is 0.131. The van der Waals surface area contributed by atoms with Crippen molar-refractivity contribution in [3.63, 3.8) is 0 Å². The number of alkyl halides is 1. The Morgan fingerprint density at radius 1 is 1.58 bits per heavy atom. The predicted molar refractivity (Wildman–Crippen MR) is 45.5 cm³/mol. The summed E-state index contributed by atoms with van der Waals surface area (Å²) in [6, 6.07) is 0. The van der Waals surface area contributed by atoms with Gasteiger partial charge in [0.25, 0.3) is 0 Å². The van der Waals surface area contributed by atoms with E-state index in [0.717, 1.165) is 12.8 Å². The number of halogens is 1. The van der Waals surface area contributed by atoms with Gasteiger partial charge in [0, 0.05) is 13.1 Å². The molecule has 1 rings (SSSR count). The Kier molecular flexibility index (Phi) is 3.26. The fourth-order valence-electron chi connectivity index (χ4n) is 1.44. The van der Waals surface area contributed by atoms with E-state index in [1.165, 1.54) is 6.08 Å². The van der Waals surface area contributed by atoms with Crippen molar-refractivity contribution in [1.82, 2.24) is 4.90 Å². The molecule has 3 heteroatoms. The van der Waals surface area contributed by atoms with E-state index in [-0.39, 0.29) is 18.5 Å². The average molecular weight is 171 g/mol. The van der Waals surface area contributed by atoms with E-state index in [4.69, 9.17) is 0 Å². The molecule has 12 heavy (non-hydrogen) atoms. The molecule has 1 aliphatic rings. The summed E-state index contributed by atoms with van der Waals surface area (Å²) in [6.07, 6.45) is 2.89. The van der Waals surface area contributed by atoms with Crippen LogP contribution in [0.25, 0.3) is 0 Å². The Morgan fingerprint density at radius 3 is 2.58 bits per heavy atom. The molecule has 0 radical (unpaired) electrons. The van der Waals surface area contributed by atoms with E-state index >= 15 is 0 Å². The van der Waals surface area contributed by atoms with E-state index < -0.39 is 0 Å². The van der Waals surface area contributed by atoms with Gasteiger partial charge in [-0.3, -0.25) is 9.18 Å². The van der Waals surface area contributed by atoms with Crippen molar-refractivity contribution in [3.8, 4) is 0 Å². The Labute approximate surface area is 72.1 Å². The average Bonchev–Trinajstić information content (AvgIpc) is 2.17. The van der Waals surface area contributed by atoms with Crippen LogP contribution in [0.3, 0.4) is 0 Å². The van der Waals surface area contributed by atoms with Crippen LogP contribution in [0.15, 0.2) is 12.7 Å². The number of amides is 1. The van der Waals surface area contributed by atoms with Gasteiger partial charge >= 0.3 is 0 Å². The van der Waals surface area contributed by atoms with Gasteiger partial charge in [0.2, 0.25) is 5.91 Å². The van der Waals surface area contributed by atoms with Crippen LogP contribution in [0.1, 0.15) is 12.8 Å². The van der Waals surface area contributed by atoms with Crippen molar-refractivity contribution in [1.29, 1.82) is 0 Å². The maximum absolute atomic E-state index is 12.2. The fourth-order valence-corrected chi connectivity index (χ4v) is 1.44. The maximum atomic E-state index is 12.2. The Hall–Kier alpha value is -0.860. The molecule has 0 aromatic carbocycles. The lowest BCUT2D eigenvalue weighted by molar-refractivity contribution is -0.127. The molecule has 0 spiro atoms. The van der Waals surface area contributed by atoms with Gasteiger partial charge < -0.3 is 4.90 Å². The van der Waals surface area contributed by atoms with Crippen LogP contribution in [0.5, 0.6) is 0 Å². The lowest BCUT2D eigenvalue weighted by atomic mass is 9.98. The third-order valence-electron chi connectivity index (χ3n) is 2.32. The Morgan fingerprint density at radius 2 is 2.17 bits per heavy atom. The summed E-state index contributed by atoms with van der Waals surface area (Å²) in [5.41, 5.74) is 0. The van der Waals surface area contributed by atoms with Crippen LogP contribution in [-0.2, 0) is 4.79 Å². The topological polar surface area (TPSA) is 20.3 Å². The highest BCUT2D eigenvalue weighted by Gasteiger charge is 2.20. The summed E-state index contributed by atoms with van der Waals surface area (Å²) in [4.78, 5) is 12.8. The second-order valence-corrected chi connectivity index (χ2v) is 3.13. The molecule has 0 aromatic heterocycles. The van der Waals surface area contributed by atoms with Crippen molar-refractivity contribution in [2.75, 3.05) is 19.8 Å². The van der Waals surface area contributed by atoms with Gasteiger partial charge in [0.1, 0.15) is 0 Å². The molecule has 0 N–H and O–H groups in total. The lowest BCUT2D eigenvalue weighted by Gasteiger charge is -2.29. The third kappa shape index (κ3) is 2.06. The number of hydrogen-bond donors (Lipinski definition) is 0. The molecule has 0 bridgehead atoms. The normalized spacial score (nSPS) is 19.2. The summed E-state index contributed by atoms with van der Waals surface area (Å²) in [5, 5.41) is 0. The zero-order valence-corrected chi connectivity index (χ0v) is 7.13. The molecule has 1 amide bonds. The van der Waals surface area contributed by atoms with Crippen molar-refractivity contribution >= 4 is 5.91 Å². The second kappa shape index (κ2) is 4.24. The van der Waals surface area contributed by atoms with Crippen molar-refractivity contribution in [2.45, 2.75) is 12.8 Å². The zero-order chi connectivity index (χ0) is 8.97. The van der Waals surface area contributed by atoms with Crippen molar-refractivity contribution in [2.24, 2.45) is 5.92 Å². The van der Waals surface area contributed by atoms with Crippen LogP contribution in [0, 0.1) is 5.92 Å². The summed E-state index contributed by atoms with van der Waals surface area (Å²) in [6.45, 7) is 4.52. The standard InChI is InChI=1S/C9H14FNO/c1-2-9(12)11-5-3-8(7-10)4-6-11/h2,8H,1,3-7H2. The molecular weight excluding hydrogens is 157 g/mol.